The monoisotopic (exact) mass is 354 g/mol. The first-order valence-corrected chi connectivity index (χ1v) is 8.37. The van der Waals surface area contributed by atoms with E-state index in [4.69, 9.17) is 15.3 Å². The molecule has 2 aliphatic heterocycles. The van der Waals surface area contributed by atoms with E-state index in [1.165, 1.54) is 11.1 Å². The predicted molar refractivity (Wildman–Crippen MR) is 85.8 cm³/mol. The third kappa shape index (κ3) is 3.17. The number of ether oxygens (including phenoxy) is 2. The van der Waals surface area contributed by atoms with Gasteiger partial charge in [0.05, 0.1) is 12.2 Å². The van der Waals surface area contributed by atoms with E-state index in [2.05, 4.69) is 46.5 Å². The van der Waals surface area contributed by atoms with Crippen LogP contribution in [0.2, 0.25) is 0 Å². The minimum Gasteiger partial charge on any atom is -0.378 e. The fraction of sp³-hybridized carbons (Fsp3) is 0.625. The van der Waals surface area contributed by atoms with Gasteiger partial charge in [0.1, 0.15) is 0 Å². The van der Waals surface area contributed by atoms with Crippen molar-refractivity contribution >= 4 is 15.9 Å². The van der Waals surface area contributed by atoms with Crippen LogP contribution in [-0.4, -0.2) is 25.4 Å². The molecule has 1 aromatic carbocycles. The van der Waals surface area contributed by atoms with Gasteiger partial charge in [0.25, 0.3) is 0 Å². The second kappa shape index (κ2) is 6.34. The molecular weight excluding hydrogens is 332 g/mol. The van der Waals surface area contributed by atoms with Crippen molar-refractivity contribution in [2.24, 2.45) is 11.8 Å². The summed E-state index contributed by atoms with van der Waals surface area (Å²) in [4.78, 5) is 0. The van der Waals surface area contributed by atoms with Crippen LogP contribution in [0.1, 0.15) is 36.4 Å². The third-order valence-electron chi connectivity index (χ3n) is 4.79. The van der Waals surface area contributed by atoms with E-state index in [9.17, 15) is 0 Å². The second-order valence-corrected chi connectivity index (χ2v) is 7.09. The van der Waals surface area contributed by atoms with E-state index in [0.717, 1.165) is 43.6 Å². The molecule has 3 N–H and O–H groups in total. The molecule has 2 fully saturated rings. The van der Waals surface area contributed by atoms with E-state index in [0.29, 0.717) is 5.92 Å². The zero-order valence-electron chi connectivity index (χ0n) is 12.4. The number of halogens is 1. The first-order chi connectivity index (χ1) is 10.1. The minimum atomic E-state index is -0.0809. The molecule has 1 spiro atoms. The van der Waals surface area contributed by atoms with E-state index in [1.807, 2.05) is 0 Å². The summed E-state index contributed by atoms with van der Waals surface area (Å²) in [5.41, 5.74) is 5.43. The highest BCUT2D eigenvalue weighted by molar-refractivity contribution is 9.10. The Labute approximate surface area is 134 Å². The van der Waals surface area contributed by atoms with E-state index >= 15 is 0 Å². The Morgan fingerprint density at radius 3 is 2.95 bits per heavy atom. The smallest absolute Gasteiger partial charge is 0.0940 e. The number of aryl methyl sites for hydroxylation is 1. The molecule has 2 aliphatic rings. The molecule has 0 aliphatic carbocycles. The Morgan fingerprint density at radius 2 is 2.29 bits per heavy atom. The van der Waals surface area contributed by atoms with Crippen LogP contribution in [0, 0.1) is 12.8 Å². The van der Waals surface area contributed by atoms with E-state index < -0.39 is 0 Å². The zero-order chi connectivity index (χ0) is 14.9. The second-order valence-electron chi connectivity index (χ2n) is 6.24. The van der Waals surface area contributed by atoms with Gasteiger partial charge in [-0.1, -0.05) is 28.1 Å². The maximum atomic E-state index is 6.03. The van der Waals surface area contributed by atoms with Crippen LogP contribution in [0.15, 0.2) is 22.7 Å². The number of rotatable bonds is 3. The standard InChI is InChI=1S/C16H23BrN2O2/c1-11-8-12(2-3-14(11)17)15(19-18)13-4-6-21-16(9-13)5-7-20-10-16/h2-3,8,13,15,19H,4-7,9-10,18H2,1H3. The lowest BCUT2D eigenvalue weighted by molar-refractivity contribution is -0.103. The molecule has 3 rings (SSSR count). The van der Waals surface area contributed by atoms with Gasteiger partial charge in [0.15, 0.2) is 0 Å². The van der Waals surface area contributed by atoms with Gasteiger partial charge in [-0.3, -0.25) is 11.3 Å². The molecule has 2 saturated heterocycles. The summed E-state index contributed by atoms with van der Waals surface area (Å²) < 4.78 is 12.7. The van der Waals surface area contributed by atoms with Gasteiger partial charge in [0.2, 0.25) is 0 Å². The van der Waals surface area contributed by atoms with Gasteiger partial charge in [-0.2, -0.15) is 0 Å². The number of hydrogen-bond acceptors (Lipinski definition) is 4. The summed E-state index contributed by atoms with van der Waals surface area (Å²) in [6, 6.07) is 6.62. The van der Waals surface area contributed by atoms with Gasteiger partial charge in [-0.25, -0.2) is 0 Å². The zero-order valence-corrected chi connectivity index (χ0v) is 14.0. The molecule has 3 atom stereocenters. The van der Waals surface area contributed by atoms with E-state index in [1.54, 1.807) is 0 Å². The third-order valence-corrected chi connectivity index (χ3v) is 5.68. The highest BCUT2D eigenvalue weighted by atomic mass is 79.9. The highest BCUT2D eigenvalue weighted by Gasteiger charge is 2.43. The molecule has 0 amide bonds. The van der Waals surface area contributed by atoms with Crippen molar-refractivity contribution in [3.8, 4) is 0 Å². The summed E-state index contributed by atoms with van der Waals surface area (Å²) >= 11 is 3.56. The molecule has 4 nitrogen and oxygen atoms in total. The molecule has 0 bridgehead atoms. The van der Waals surface area contributed by atoms with Crippen LogP contribution in [0.4, 0.5) is 0 Å². The number of nitrogens with two attached hydrogens (primary N) is 1. The van der Waals surface area contributed by atoms with Crippen LogP contribution in [0.3, 0.4) is 0 Å². The lowest BCUT2D eigenvalue weighted by Gasteiger charge is -2.40. The van der Waals surface area contributed by atoms with Crippen LogP contribution < -0.4 is 11.3 Å². The van der Waals surface area contributed by atoms with Crippen molar-refractivity contribution in [3.05, 3.63) is 33.8 Å². The summed E-state index contributed by atoms with van der Waals surface area (Å²) in [5, 5.41) is 0. The van der Waals surface area contributed by atoms with Gasteiger partial charge in [-0.05, 0) is 42.9 Å². The Balaban J connectivity index is 1.80. The fourth-order valence-electron chi connectivity index (χ4n) is 3.58. The Morgan fingerprint density at radius 1 is 1.43 bits per heavy atom. The minimum absolute atomic E-state index is 0.0809. The molecule has 21 heavy (non-hydrogen) atoms. The van der Waals surface area contributed by atoms with Crippen molar-refractivity contribution in [2.45, 2.75) is 37.8 Å². The van der Waals surface area contributed by atoms with E-state index in [-0.39, 0.29) is 11.6 Å². The van der Waals surface area contributed by atoms with Gasteiger partial charge >= 0.3 is 0 Å². The Hall–Kier alpha value is -0.460. The first kappa shape index (κ1) is 15.4. The number of hydrazine groups is 1. The van der Waals surface area contributed by atoms with Crippen LogP contribution in [0.5, 0.6) is 0 Å². The van der Waals surface area contributed by atoms with Crippen molar-refractivity contribution < 1.29 is 9.47 Å². The molecule has 0 radical (unpaired) electrons. The maximum Gasteiger partial charge on any atom is 0.0940 e. The average molecular weight is 355 g/mol. The lowest BCUT2D eigenvalue weighted by atomic mass is 9.79. The summed E-state index contributed by atoms with van der Waals surface area (Å²) in [5.74, 6) is 6.35. The SMILES string of the molecule is Cc1cc(C(NN)C2CCOC3(CCOC3)C2)ccc1Br. The largest absolute Gasteiger partial charge is 0.378 e. The predicted octanol–water partition coefficient (Wildman–Crippen LogP) is 2.85. The quantitative estimate of drug-likeness (QED) is 0.647. The Bertz CT molecular complexity index is 503. The fourth-order valence-corrected chi connectivity index (χ4v) is 3.83. The van der Waals surface area contributed by atoms with Crippen LogP contribution in [0.25, 0.3) is 0 Å². The van der Waals surface area contributed by atoms with Crippen molar-refractivity contribution in [1.29, 1.82) is 0 Å². The van der Waals surface area contributed by atoms with Crippen molar-refractivity contribution in [1.82, 2.24) is 5.43 Å². The lowest BCUT2D eigenvalue weighted by Crippen LogP contribution is -2.45. The average Bonchev–Trinajstić information content (AvgIpc) is 2.91. The van der Waals surface area contributed by atoms with Crippen molar-refractivity contribution in [3.63, 3.8) is 0 Å². The first-order valence-electron chi connectivity index (χ1n) is 7.57. The Kier molecular flexibility index (Phi) is 4.66. The van der Waals surface area contributed by atoms with Gasteiger partial charge < -0.3 is 9.47 Å². The molecule has 0 saturated carbocycles. The maximum absolute atomic E-state index is 6.03. The molecule has 116 valence electrons. The van der Waals surface area contributed by atoms with Crippen LogP contribution in [-0.2, 0) is 9.47 Å². The summed E-state index contributed by atoms with van der Waals surface area (Å²) in [6.45, 7) is 4.43. The molecule has 2 heterocycles. The van der Waals surface area contributed by atoms with Crippen molar-refractivity contribution in [2.75, 3.05) is 19.8 Å². The summed E-state index contributed by atoms with van der Waals surface area (Å²) in [7, 11) is 0. The number of nitrogens with one attached hydrogen (secondary N) is 1. The summed E-state index contributed by atoms with van der Waals surface area (Å²) in [6.07, 6.45) is 3.04. The molecule has 3 unspecified atom stereocenters. The molecule has 5 heteroatoms. The van der Waals surface area contributed by atoms with Gasteiger partial charge in [-0.15, -0.1) is 0 Å². The topological polar surface area (TPSA) is 56.5 Å². The normalized spacial score (nSPS) is 30.7. The highest BCUT2D eigenvalue weighted by Crippen LogP contribution is 2.41. The van der Waals surface area contributed by atoms with Crippen LogP contribution >= 0.6 is 15.9 Å². The number of benzene rings is 1. The molecular formula is C16H23BrN2O2. The molecule has 0 aromatic heterocycles. The van der Waals surface area contributed by atoms with Gasteiger partial charge in [0, 0.05) is 30.1 Å². The number of hydrogen-bond donors (Lipinski definition) is 2. The molecule has 1 aromatic rings.